The van der Waals surface area contributed by atoms with Gasteiger partial charge in [0.2, 0.25) is 0 Å². The SMILES string of the molecule is NC(=O)OCCCC1CC(=O)O1. The Kier molecular flexibility index (Phi) is 2.90. The maximum absolute atomic E-state index is 10.3. The van der Waals surface area contributed by atoms with E-state index >= 15 is 0 Å². The Bertz CT molecular complexity index is 184. The molecule has 68 valence electrons. The van der Waals surface area contributed by atoms with E-state index in [1.54, 1.807) is 0 Å². The summed E-state index contributed by atoms with van der Waals surface area (Å²) < 4.78 is 9.22. The second-order valence-electron chi connectivity index (χ2n) is 2.63. The average Bonchev–Trinajstić information content (AvgIpc) is 1.93. The van der Waals surface area contributed by atoms with Gasteiger partial charge in [0.05, 0.1) is 13.0 Å². The summed E-state index contributed by atoms with van der Waals surface area (Å²) in [7, 11) is 0. The summed E-state index contributed by atoms with van der Waals surface area (Å²) in [6, 6.07) is 0. The third-order valence-electron chi connectivity index (χ3n) is 1.61. The number of carbonyl (C=O) groups excluding carboxylic acids is 2. The van der Waals surface area contributed by atoms with Crippen molar-refractivity contribution in [3.8, 4) is 0 Å². The molecule has 1 fully saturated rings. The molecule has 5 nitrogen and oxygen atoms in total. The number of ether oxygens (including phenoxy) is 2. The lowest BCUT2D eigenvalue weighted by atomic mass is 10.1. The molecule has 0 radical (unpaired) electrons. The molecule has 0 aliphatic carbocycles. The smallest absolute Gasteiger partial charge is 0.404 e. The largest absolute Gasteiger partial charge is 0.462 e. The van der Waals surface area contributed by atoms with Gasteiger partial charge < -0.3 is 15.2 Å². The average molecular weight is 173 g/mol. The molecule has 5 heteroatoms. The number of primary amides is 1. The van der Waals surface area contributed by atoms with E-state index in [1.165, 1.54) is 0 Å². The fraction of sp³-hybridized carbons (Fsp3) is 0.714. The van der Waals surface area contributed by atoms with Crippen LogP contribution in [0.15, 0.2) is 0 Å². The lowest BCUT2D eigenvalue weighted by Gasteiger charge is -2.24. The Balaban J connectivity index is 1.90. The molecular weight excluding hydrogens is 162 g/mol. The van der Waals surface area contributed by atoms with Crippen molar-refractivity contribution in [3.63, 3.8) is 0 Å². The Morgan fingerprint density at radius 3 is 2.92 bits per heavy atom. The van der Waals surface area contributed by atoms with Crippen LogP contribution in [0, 0.1) is 0 Å². The first-order chi connectivity index (χ1) is 5.68. The van der Waals surface area contributed by atoms with Crippen molar-refractivity contribution in [2.45, 2.75) is 25.4 Å². The van der Waals surface area contributed by atoms with Gasteiger partial charge in [0.25, 0.3) is 0 Å². The van der Waals surface area contributed by atoms with Gasteiger partial charge in [-0.05, 0) is 12.8 Å². The third-order valence-corrected chi connectivity index (χ3v) is 1.61. The molecule has 1 saturated heterocycles. The van der Waals surface area contributed by atoms with Gasteiger partial charge in [-0.2, -0.15) is 0 Å². The zero-order valence-corrected chi connectivity index (χ0v) is 6.62. The number of amides is 1. The first-order valence-electron chi connectivity index (χ1n) is 3.80. The lowest BCUT2D eigenvalue weighted by molar-refractivity contribution is -0.170. The van der Waals surface area contributed by atoms with Crippen LogP contribution in [0.1, 0.15) is 19.3 Å². The number of rotatable bonds is 4. The molecule has 1 amide bonds. The fourth-order valence-corrected chi connectivity index (χ4v) is 1.01. The zero-order valence-electron chi connectivity index (χ0n) is 6.62. The number of nitrogens with two attached hydrogens (primary N) is 1. The molecule has 1 heterocycles. The minimum atomic E-state index is -0.763. The number of carbonyl (C=O) groups is 2. The quantitative estimate of drug-likeness (QED) is 0.485. The topological polar surface area (TPSA) is 78.6 Å². The van der Waals surface area contributed by atoms with Crippen LogP contribution in [0.2, 0.25) is 0 Å². The number of esters is 1. The molecule has 0 aromatic carbocycles. The van der Waals surface area contributed by atoms with E-state index in [-0.39, 0.29) is 12.1 Å². The van der Waals surface area contributed by atoms with Gasteiger partial charge in [0.1, 0.15) is 6.10 Å². The molecular formula is C7H11NO4. The molecule has 0 spiro atoms. The van der Waals surface area contributed by atoms with E-state index in [2.05, 4.69) is 4.74 Å². The van der Waals surface area contributed by atoms with E-state index in [4.69, 9.17) is 10.5 Å². The third kappa shape index (κ3) is 2.77. The molecule has 0 saturated carbocycles. The normalized spacial score (nSPS) is 21.0. The van der Waals surface area contributed by atoms with Crippen molar-refractivity contribution in [1.29, 1.82) is 0 Å². The molecule has 1 rings (SSSR count). The first kappa shape index (κ1) is 8.83. The van der Waals surface area contributed by atoms with Crippen molar-refractivity contribution in [2.24, 2.45) is 5.73 Å². The molecule has 1 aliphatic rings. The summed E-state index contributed by atoms with van der Waals surface area (Å²) in [5, 5.41) is 0. The van der Waals surface area contributed by atoms with Gasteiger partial charge >= 0.3 is 12.1 Å². The van der Waals surface area contributed by atoms with Gasteiger partial charge in [0.15, 0.2) is 0 Å². The summed E-state index contributed by atoms with van der Waals surface area (Å²) in [6.45, 7) is 0.295. The van der Waals surface area contributed by atoms with Crippen LogP contribution in [-0.2, 0) is 14.3 Å². The Morgan fingerprint density at radius 2 is 2.42 bits per heavy atom. The lowest BCUT2D eigenvalue weighted by Crippen LogP contribution is -2.32. The van der Waals surface area contributed by atoms with Crippen molar-refractivity contribution >= 4 is 12.1 Å². The Hall–Kier alpha value is -1.26. The number of cyclic esters (lactones) is 1. The number of hydrogen-bond acceptors (Lipinski definition) is 4. The van der Waals surface area contributed by atoms with Gasteiger partial charge in [-0.3, -0.25) is 4.79 Å². The molecule has 1 aliphatic heterocycles. The monoisotopic (exact) mass is 173 g/mol. The summed E-state index contributed by atoms with van der Waals surface area (Å²) in [6.07, 6.45) is 1.16. The van der Waals surface area contributed by atoms with Crippen LogP contribution in [0.25, 0.3) is 0 Å². The molecule has 1 unspecified atom stereocenters. The molecule has 0 bridgehead atoms. The summed E-state index contributed by atoms with van der Waals surface area (Å²) in [4.78, 5) is 20.4. The second kappa shape index (κ2) is 3.94. The minimum Gasteiger partial charge on any atom is -0.462 e. The summed E-state index contributed by atoms with van der Waals surface area (Å²) in [5.41, 5.74) is 4.73. The van der Waals surface area contributed by atoms with E-state index in [0.717, 1.165) is 6.42 Å². The standard InChI is InChI=1S/C7H11NO4/c8-7(10)11-3-1-2-5-4-6(9)12-5/h5H,1-4H2,(H2,8,10). The molecule has 2 N–H and O–H groups in total. The second-order valence-corrected chi connectivity index (χ2v) is 2.63. The van der Waals surface area contributed by atoms with E-state index in [0.29, 0.717) is 19.4 Å². The van der Waals surface area contributed by atoms with Crippen LogP contribution in [0.5, 0.6) is 0 Å². The van der Waals surface area contributed by atoms with Crippen LogP contribution in [-0.4, -0.2) is 24.8 Å². The van der Waals surface area contributed by atoms with Crippen molar-refractivity contribution in [2.75, 3.05) is 6.61 Å². The maximum Gasteiger partial charge on any atom is 0.404 e. The fourth-order valence-electron chi connectivity index (χ4n) is 1.01. The number of hydrogen-bond donors (Lipinski definition) is 1. The highest BCUT2D eigenvalue weighted by atomic mass is 16.6. The summed E-state index contributed by atoms with van der Waals surface area (Å²) >= 11 is 0. The predicted octanol–water partition coefficient (Wildman–Crippen LogP) is 0.177. The van der Waals surface area contributed by atoms with Crippen LogP contribution in [0.4, 0.5) is 4.79 Å². The Labute approximate surface area is 69.8 Å². The van der Waals surface area contributed by atoms with Crippen LogP contribution >= 0.6 is 0 Å². The van der Waals surface area contributed by atoms with Crippen molar-refractivity contribution < 1.29 is 19.1 Å². The van der Waals surface area contributed by atoms with Gasteiger partial charge in [-0.1, -0.05) is 0 Å². The van der Waals surface area contributed by atoms with Crippen LogP contribution in [0.3, 0.4) is 0 Å². The molecule has 1 atom stereocenters. The van der Waals surface area contributed by atoms with Crippen molar-refractivity contribution in [3.05, 3.63) is 0 Å². The molecule has 12 heavy (non-hydrogen) atoms. The Morgan fingerprint density at radius 1 is 1.75 bits per heavy atom. The van der Waals surface area contributed by atoms with Gasteiger partial charge in [0, 0.05) is 0 Å². The van der Waals surface area contributed by atoms with Crippen molar-refractivity contribution in [1.82, 2.24) is 0 Å². The predicted molar refractivity (Wildman–Crippen MR) is 39.3 cm³/mol. The highest BCUT2D eigenvalue weighted by Gasteiger charge is 2.27. The molecule has 0 aromatic heterocycles. The highest BCUT2D eigenvalue weighted by molar-refractivity contribution is 5.75. The summed E-state index contributed by atoms with van der Waals surface area (Å²) in [5.74, 6) is -0.157. The van der Waals surface area contributed by atoms with Crippen LogP contribution < -0.4 is 5.73 Å². The van der Waals surface area contributed by atoms with Gasteiger partial charge in [-0.15, -0.1) is 0 Å². The van der Waals surface area contributed by atoms with E-state index < -0.39 is 6.09 Å². The van der Waals surface area contributed by atoms with E-state index in [1.807, 2.05) is 0 Å². The molecule has 0 aromatic rings. The zero-order chi connectivity index (χ0) is 8.97. The van der Waals surface area contributed by atoms with Gasteiger partial charge in [-0.25, -0.2) is 4.79 Å². The minimum absolute atomic E-state index is 0.0222. The maximum atomic E-state index is 10.3. The first-order valence-corrected chi connectivity index (χ1v) is 3.80. The highest BCUT2D eigenvalue weighted by Crippen LogP contribution is 2.17. The van der Waals surface area contributed by atoms with E-state index in [9.17, 15) is 9.59 Å².